The molecule has 0 spiro atoms. The predicted octanol–water partition coefficient (Wildman–Crippen LogP) is 2.59. The second-order valence-corrected chi connectivity index (χ2v) is 4.69. The third-order valence-corrected chi connectivity index (χ3v) is 3.32. The van der Waals surface area contributed by atoms with Crippen molar-refractivity contribution in [3.8, 4) is 5.75 Å². The largest absolute Gasteiger partial charge is 0.481 e. The molecule has 5 heteroatoms. The number of para-hydroxylation sites is 1. The molecule has 0 amide bonds. The van der Waals surface area contributed by atoms with Crippen LogP contribution >= 0.6 is 0 Å². The zero-order valence-corrected chi connectivity index (χ0v) is 10.3. The number of aliphatic hydroxyl groups excluding tert-OH is 1. The fourth-order valence-corrected chi connectivity index (χ4v) is 2.30. The number of benzene rings is 1. The van der Waals surface area contributed by atoms with Crippen molar-refractivity contribution in [1.29, 1.82) is 0 Å². The highest BCUT2D eigenvalue weighted by Crippen LogP contribution is 2.33. The van der Waals surface area contributed by atoms with Gasteiger partial charge in [-0.3, -0.25) is 10.1 Å². The molecule has 1 aliphatic rings. The summed E-state index contributed by atoms with van der Waals surface area (Å²) in [5, 5.41) is 20.8. The van der Waals surface area contributed by atoms with Gasteiger partial charge in [0.1, 0.15) is 6.10 Å². The number of hydrogen-bond acceptors (Lipinski definition) is 4. The minimum atomic E-state index is -0.530. The van der Waals surface area contributed by atoms with Gasteiger partial charge in [0.15, 0.2) is 5.75 Å². The van der Waals surface area contributed by atoms with Gasteiger partial charge in [0, 0.05) is 6.07 Å². The van der Waals surface area contributed by atoms with Crippen LogP contribution in [0.3, 0.4) is 0 Å². The van der Waals surface area contributed by atoms with Crippen molar-refractivity contribution in [2.45, 2.75) is 44.8 Å². The maximum Gasteiger partial charge on any atom is 0.311 e. The van der Waals surface area contributed by atoms with Crippen LogP contribution in [0.2, 0.25) is 0 Å². The van der Waals surface area contributed by atoms with Crippen molar-refractivity contribution in [3.05, 3.63) is 33.9 Å². The standard InChI is InChI=1S/C13H17NO4/c1-9-5-4-6-10(14(16)17)13(9)18-12-8-3-2-7-11(12)15/h4-6,11-12,15H,2-3,7-8H2,1H3/t11-,12-/m0/s1. The van der Waals surface area contributed by atoms with Crippen molar-refractivity contribution in [1.82, 2.24) is 0 Å². The maximum atomic E-state index is 11.0. The van der Waals surface area contributed by atoms with E-state index in [0.29, 0.717) is 6.42 Å². The molecule has 1 fully saturated rings. The second kappa shape index (κ2) is 5.35. The summed E-state index contributed by atoms with van der Waals surface area (Å²) >= 11 is 0. The topological polar surface area (TPSA) is 72.6 Å². The maximum absolute atomic E-state index is 11.0. The average Bonchev–Trinajstić information content (AvgIpc) is 2.34. The van der Waals surface area contributed by atoms with Gasteiger partial charge in [0.05, 0.1) is 11.0 Å². The Morgan fingerprint density at radius 2 is 2.11 bits per heavy atom. The fourth-order valence-electron chi connectivity index (χ4n) is 2.30. The summed E-state index contributed by atoms with van der Waals surface area (Å²) in [4.78, 5) is 10.5. The molecule has 18 heavy (non-hydrogen) atoms. The first-order chi connectivity index (χ1) is 8.59. The lowest BCUT2D eigenvalue weighted by Crippen LogP contribution is -2.34. The first kappa shape index (κ1) is 12.8. The lowest BCUT2D eigenvalue weighted by atomic mass is 9.95. The summed E-state index contributed by atoms with van der Waals surface area (Å²) in [6.07, 6.45) is 2.55. The van der Waals surface area contributed by atoms with Crippen LogP contribution in [0.15, 0.2) is 18.2 Å². The third-order valence-electron chi connectivity index (χ3n) is 3.32. The van der Waals surface area contributed by atoms with E-state index in [-0.39, 0.29) is 17.5 Å². The zero-order valence-electron chi connectivity index (χ0n) is 10.3. The highest BCUT2D eigenvalue weighted by Gasteiger charge is 2.28. The molecular weight excluding hydrogens is 234 g/mol. The molecule has 1 aromatic carbocycles. The van der Waals surface area contributed by atoms with E-state index in [1.165, 1.54) is 6.07 Å². The van der Waals surface area contributed by atoms with Crippen LogP contribution in [0.4, 0.5) is 5.69 Å². The molecule has 0 aliphatic heterocycles. The van der Waals surface area contributed by atoms with Gasteiger partial charge in [-0.1, -0.05) is 18.6 Å². The summed E-state index contributed by atoms with van der Waals surface area (Å²) in [6.45, 7) is 1.78. The Morgan fingerprint density at radius 1 is 1.39 bits per heavy atom. The normalized spacial score (nSPS) is 23.7. The van der Waals surface area contributed by atoms with Crippen molar-refractivity contribution in [3.63, 3.8) is 0 Å². The van der Waals surface area contributed by atoms with E-state index in [1.54, 1.807) is 19.1 Å². The molecule has 2 atom stereocenters. The summed E-state index contributed by atoms with van der Waals surface area (Å²) in [7, 11) is 0. The first-order valence-electron chi connectivity index (χ1n) is 6.18. The quantitative estimate of drug-likeness (QED) is 0.662. The SMILES string of the molecule is Cc1cccc([N+](=O)[O-])c1O[C@H]1CCCC[C@@H]1O. The molecule has 1 saturated carbocycles. The van der Waals surface area contributed by atoms with E-state index >= 15 is 0 Å². The van der Waals surface area contributed by atoms with Gasteiger partial charge in [-0.05, 0) is 31.7 Å². The van der Waals surface area contributed by atoms with E-state index in [0.717, 1.165) is 24.8 Å². The van der Waals surface area contributed by atoms with Crippen molar-refractivity contribution < 1.29 is 14.8 Å². The third kappa shape index (κ3) is 2.61. The Bertz CT molecular complexity index is 447. The second-order valence-electron chi connectivity index (χ2n) is 4.69. The van der Waals surface area contributed by atoms with Gasteiger partial charge < -0.3 is 9.84 Å². The molecule has 5 nitrogen and oxygen atoms in total. The monoisotopic (exact) mass is 251 g/mol. The predicted molar refractivity (Wildman–Crippen MR) is 66.7 cm³/mol. The van der Waals surface area contributed by atoms with Gasteiger partial charge in [-0.25, -0.2) is 0 Å². The van der Waals surface area contributed by atoms with Gasteiger partial charge >= 0.3 is 5.69 Å². The van der Waals surface area contributed by atoms with Gasteiger partial charge in [-0.15, -0.1) is 0 Å². The van der Waals surface area contributed by atoms with E-state index in [2.05, 4.69) is 0 Å². The molecule has 98 valence electrons. The van der Waals surface area contributed by atoms with Crippen LogP contribution in [0, 0.1) is 17.0 Å². The summed E-state index contributed by atoms with van der Waals surface area (Å²) in [6, 6.07) is 4.84. The molecule has 1 aromatic rings. The number of aliphatic hydroxyl groups is 1. The molecule has 0 aromatic heterocycles. The van der Waals surface area contributed by atoms with Crippen molar-refractivity contribution in [2.75, 3.05) is 0 Å². The van der Waals surface area contributed by atoms with Gasteiger partial charge in [-0.2, -0.15) is 0 Å². The molecule has 1 aliphatic carbocycles. The Kier molecular flexibility index (Phi) is 3.81. The number of hydrogen-bond donors (Lipinski definition) is 1. The van der Waals surface area contributed by atoms with Crippen LogP contribution in [-0.2, 0) is 0 Å². The van der Waals surface area contributed by atoms with Crippen molar-refractivity contribution in [2.24, 2.45) is 0 Å². The van der Waals surface area contributed by atoms with Crippen LogP contribution in [0.1, 0.15) is 31.2 Å². The van der Waals surface area contributed by atoms with E-state index in [9.17, 15) is 15.2 Å². The zero-order chi connectivity index (χ0) is 13.1. The highest BCUT2D eigenvalue weighted by molar-refractivity contribution is 5.51. The molecule has 0 heterocycles. The Morgan fingerprint density at radius 3 is 2.78 bits per heavy atom. The number of rotatable bonds is 3. The Labute approximate surface area is 106 Å². The van der Waals surface area contributed by atoms with Gasteiger partial charge in [0.25, 0.3) is 0 Å². The van der Waals surface area contributed by atoms with Gasteiger partial charge in [0.2, 0.25) is 0 Å². The number of aryl methyl sites for hydroxylation is 1. The molecule has 2 rings (SSSR count). The molecule has 0 radical (unpaired) electrons. The smallest absolute Gasteiger partial charge is 0.311 e. The average molecular weight is 251 g/mol. The minimum absolute atomic E-state index is 0.0345. The molecule has 0 saturated heterocycles. The number of nitro groups is 1. The fraction of sp³-hybridized carbons (Fsp3) is 0.538. The minimum Gasteiger partial charge on any atom is -0.481 e. The van der Waals surface area contributed by atoms with Crippen LogP contribution < -0.4 is 4.74 Å². The molecule has 0 bridgehead atoms. The molecular formula is C13H17NO4. The highest BCUT2D eigenvalue weighted by atomic mass is 16.6. The van der Waals surface area contributed by atoms with E-state index in [4.69, 9.17) is 4.74 Å². The summed E-state index contributed by atoms with van der Waals surface area (Å²) < 4.78 is 5.70. The number of nitrogens with zero attached hydrogens (tertiary/aromatic N) is 1. The van der Waals surface area contributed by atoms with Crippen LogP contribution in [-0.4, -0.2) is 22.2 Å². The summed E-state index contributed by atoms with van der Waals surface area (Å²) in [5.74, 6) is 0.286. The Balaban J connectivity index is 2.24. The Hall–Kier alpha value is -1.62. The number of ether oxygens (including phenoxy) is 1. The lowest BCUT2D eigenvalue weighted by molar-refractivity contribution is -0.386. The lowest BCUT2D eigenvalue weighted by Gasteiger charge is -2.28. The molecule has 1 N–H and O–H groups in total. The van der Waals surface area contributed by atoms with Crippen LogP contribution in [0.25, 0.3) is 0 Å². The van der Waals surface area contributed by atoms with E-state index < -0.39 is 11.0 Å². The van der Waals surface area contributed by atoms with Crippen molar-refractivity contribution >= 4 is 5.69 Å². The summed E-state index contributed by atoms with van der Waals surface area (Å²) in [5.41, 5.74) is 0.690. The first-order valence-corrected chi connectivity index (χ1v) is 6.18. The van der Waals surface area contributed by atoms with Crippen LogP contribution in [0.5, 0.6) is 5.75 Å². The molecule has 0 unspecified atom stereocenters. The number of nitro benzene ring substituents is 1. The van der Waals surface area contributed by atoms with E-state index in [1.807, 2.05) is 0 Å².